The van der Waals surface area contributed by atoms with Crippen molar-refractivity contribution in [2.24, 2.45) is 0 Å². The number of aromatic nitrogens is 2. The lowest BCUT2D eigenvalue weighted by Crippen LogP contribution is -2.38. The fraction of sp³-hybridized carbons (Fsp3) is 0.214. The molecule has 0 amide bonds. The average molecular weight is 348 g/mol. The van der Waals surface area contributed by atoms with Crippen molar-refractivity contribution in [1.29, 1.82) is 0 Å². The number of ketones is 1. The number of Topliss-reactive ketones (excluding diaryl/α,β-unsaturated/α-hetero) is 1. The van der Waals surface area contributed by atoms with Crippen LogP contribution in [0.4, 0.5) is 26.3 Å². The Morgan fingerprint density at radius 1 is 1.04 bits per heavy atom. The number of fused-ring (bicyclic) bond motifs is 1. The van der Waals surface area contributed by atoms with Crippen molar-refractivity contribution in [2.45, 2.75) is 18.3 Å². The minimum Gasteiger partial charge on any atom is -0.437 e. The van der Waals surface area contributed by atoms with Crippen molar-refractivity contribution in [3.8, 4) is 11.6 Å². The topological polar surface area (TPSA) is 52.1 Å². The summed E-state index contributed by atoms with van der Waals surface area (Å²) in [5.74, 6) is -13.4. The standard InChI is InChI=1S/C14H6F6N2O2/c15-12(16)10-7(24-8-2-1-5-21-22-8)4-3-6-9(10)11(23)14(19,20)13(6,17)18/h1-5,12H. The second kappa shape index (κ2) is 5.18. The molecule has 0 unspecified atom stereocenters. The molecule has 0 bridgehead atoms. The summed E-state index contributed by atoms with van der Waals surface area (Å²) < 4.78 is 86.0. The second-order valence-electron chi connectivity index (χ2n) is 4.84. The molecule has 0 aliphatic heterocycles. The number of rotatable bonds is 3. The lowest BCUT2D eigenvalue weighted by atomic mass is 10.0. The van der Waals surface area contributed by atoms with Gasteiger partial charge in [0.1, 0.15) is 5.75 Å². The zero-order valence-electron chi connectivity index (χ0n) is 11.4. The number of ether oxygens (including phenoxy) is 1. The molecule has 1 aromatic carbocycles. The number of nitrogens with zero attached hydrogens (tertiary/aromatic N) is 2. The van der Waals surface area contributed by atoms with E-state index in [1.165, 1.54) is 18.3 Å². The molecule has 0 N–H and O–H groups in total. The van der Waals surface area contributed by atoms with E-state index in [-0.39, 0.29) is 5.88 Å². The second-order valence-corrected chi connectivity index (χ2v) is 4.84. The van der Waals surface area contributed by atoms with Gasteiger partial charge in [-0.05, 0) is 18.2 Å². The number of carbonyl (C=O) groups excluding carboxylic acids is 1. The van der Waals surface area contributed by atoms with E-state index in [0.717, 1.165) is 0 Å². The van der Waals surface area contributed by atoms with E-state index >= 15 is 0 Å². The predicted octanol–water partition coefficient (Wildman–Crippen LogP) is 4.13. The SMILES string of the molecule is O=C1c2c(ccc(Oc3cccnn3)c2C(F)F)C(F)(F)C1(F)F. The minimum absolute atomic E-state index is 0.275. The van der Waals surface area contributed by atoms with E-state index in [1.807, 2.05) is 0 Å². The number of hydrogen-bond donors (Lipinski definition) is 0. The highest BCUT2D eigenvalue weighted by Gasteiger charge is 2.70. The molecule has 1 heterocycles. The van der Waals surface area contributed by atoms with E-state index in [0.29, 0.717) is 12.1 Å². The fourth-order valence-corrected chi connectivity index (χ4v) is 2.34. The Morgan fingerprint density at radius 2 is 1.75 bits per heavy atom. The third-order valence-corrected chi connectivity index (χ3v) is 3.43. The third-order valence-electron chi connectivity index (χ3n) is 3.43. The van der Waals surface area contributed by atoms with E-state index in [4.69, 9.17) is 4.74 Å². The van der Waals surface area contributed by atoms with Crippen LogP contribution in [0.1, 0.15) is 27.9 Å². The molecule has 126 valence electrons. The summed E-state index contributed by atoms with van der Waals surface area (Å²) in [6, 6.07) is 3.70. The number of alkyl halides is 6. The molecule has 1 aliphatic carbocycles. The molecule has 0 fully saturated rings. The predicted molar refractivity (Wildman–Crippen MR) is 66.7 cm³/mol. The summed E-state index contributed by atoms with van der Waals surface area (Å²) in [6.45, 7) is 0. The largest absolute Gasteiger partial charge is 0.437 e. The maximum atomic E-state index is 13.7. The van der Waals surface area contributed by atoms with Crippen LogP contribution in [0.25, 0.3) is 0 Å². The Hall–Kier alpha value is -2.65. The summed E-state index contributed by atoms with van der Waals surface area (Å²) in [7, 11) is 0. The van der Waals surface area contributed by atoms with Gasteiger partial charge in [-0.3, -0.25) is 4.79 Å². The zero-order valence-corrected chi connectivity index (χ0v) is 11.4. The average Bonchev–Trinajstić information content (AvgIpc) is 2.66. The summed E-state index contributed by atoms with van der Waals surface area (Å²) in [4.78, 5) is 11.6. The monoisotopic (exact) mass is 348 g/mol. The van der Waals surface area contributed by atoms with Crippen LogP contribution >= 0.6 is 0 Å². The maximum absolute atomic E-state index is 13.7. The van der Waals surface area contributed by atoms with Crippen molar-refractivity contribution in [2.75, 3.05) is 0 Å². The number of carbonyl (C=O) groups is 1. The van der Waals surface area contributed by atoms with Gasteiger partial charge in [0.05, 0.1) is 5.56 Å². The molecule has 0 saturated carbocycles. The van der Waals surface area contributed by atoms with Crippen LogP contribution in [0.3, 0.4) is 0 Å². The lowest BCUT2D eigenvalue weighted by molar-refractivity contribution is -0.176. The van der Waals surface area contributed by atoms with E-state index < -0.39 is 46.5 Å². The number of halogens is 6. The fourth-order valence-electron chi connectivity index (χ4n) is 2.34. The van der Waals surface area contributed by atoms with Crippen LogP contribution in [0, 0.1) is 0 Å². The molecule has 1 aromatic heterocycles. The molecule has 24 heavy (non-hydrogen) atoms. The summed E-state index contributed by atoms with van der Waals surface area (Å²) in [6.07, 6.45) is -2.24. The minimum atomic E-state index is -5.11. The molecule has 10 heteroatoms. The van der Waals surface area contributed by atoms with E-state index in [9.17, 15) is 31.1 Å². The molecule has 0 spiro atoms. The van der Waals surface area contributed by atoms with Crippen LogP contribution in [0.2, 0.25) is 0 Å². The maximum Gasteiger partial charge on any atom is 0.376 e. The third kappa shape index (κ3) is 2.13. The van der Waals surface area contributed by atoms with Gasteiger partial charge in [-0.1, -0.05) is 0 Å². The van der Waals surface area contributed by atoms with Gasteiger partial charge >= 0.3 is 11.8 Å². The van der Waals surface area contributed by atoms with Gasteiger partial charge in [0, 0.05) is 23.4 Å². The van der Waals surface area contributed by atoms with Gasteiger partial charge in [0.25, 0.3) is 6.43 Å². The smallest absolute Gasteiger partial charge is 0.376 e. The highest BCUT2D eigenvalue weighted by molar-refractivity contribution is 6.08. The number of hydrogen-bond acceptors (Lipinski definition) is 4. The van der Waals surface area contributed by atoms with Crippen LogP contribution in [0.5, 0.6) is 11.6 Å². The van der Waals surface area contributed by atoms with E-state index in [2.05, 4.69) is 10.2 Å². The van der Waals surface area contributed by atoms with Crippen molar-refractivity contribution < 1.29 is 35.9 Å². The van der Waals surface area contributed by atoms with Crippen LogP contribution in [0.15, 0.2) is 30.5 Å². The first-order valence-electron chi connectivity index (χ1n) is 6.39. The highest BCUT2D eigenvalue weighted by Crippen LogP contribution is 2.55. The molecular weight excluding hydrogens is 342 g/mol. The molecule has 0 atom stereocenters. The Labute approximate surface area is 130 Å². The Balaban J connectivity index is 2.20. The van der Waals surface area contributed by atoms with Gasteiger partial charge in [0.2, 0.25) is 11.7 Å². The molecule has 0 radical (unpaired) electrons. The van der Waals surface area contributed by atoms with E-state index in [1.54, 1.807) is 0 Å². The Morgan fingerprint density at radius 3 is 2.33 bits per heavy atom. The van der Waals surface area contributed by atoms with Gasteiger partial charge in [-0.25, -0.2) is 8.78 Å². The van der Waals surface area contributed by atoms with Gasteiger partial charge < -0.3 is 4.74 Å². The molecule has 2 aromatic rings. The molecule has 3 rings (SSSR count). The van der Waals surface area contributed by atoms with Crippen molar-refractivity contribution in [1.82, 2.24) is 10.2 Å². The number of benzene rings is 1. The van der Waals surface area contributed by atoms with Gasteiger partial charge in [-0.15, -0.1) is 5.10 Å². The molecular formula is C14H6F6N2O2. The van der Waals surface area contributed by atoms with Gasteiger partial charge in [-0.2, -0.15) is 22.7 Å². The van der Waals surface area contributed by atoms with Gasteiger partial charge in [0.15, 0.2) is 0 Å². The quantitative estimate of drug-likeness (QED) is 0.783. The Bertz CT molecular complexity index is 810. The summed E-state index contributed by atoms with van der Waals surface area (Å²) >= 11 is 0. The first kappa shape index (κ1) is 16.2. The zero-order chi connectivity index (χ0) is 17.7. The van der Waals surface area contributed by atoms with Crippen LogP contribution in [-0.4, -0.2) is 21.9 Å². The molecule has 4 nitrogen and oxygen atoms in total. The first-order valence-corrected chi connectivity index (χ1v) is 6.39. The van der Waals surface area contributed by atoms with Crippen LogP contribution in [-0.2, 0) is 5.92 Å². The van der Waals surface area contributed by atoms with Crippen molar-refractivity contribution in [3.63, 3.8) is 0 Å². The summed E-state index contributed by atoms with van der Waals surface area (Å²) in [5.41, 5.74) is -4.22. The Kier molecular flexibility index (Phi) is 3.50. The van der Waals surface area contributed by atoms with Crippen molar-refractivity contribution >= 4 is 5.78 Å². The molecule has 1 aliphatic rings. The normalized spacial score (nSPS) is 17.9. The summed E-state index contributed by atoms with van der Waals surface area (Å²) in [5, 5.41) is 6.87. The van der Waals surface area contributed by atoms with Crippen LogP contribution < -0.4 is 4.74 Å². The lowest BCUT2D eigenvalue weighted by Gasteiger charge is -2.17. The first-order chi connectivity index (χ1) is 11.2. The van der Waals surface area contributed by atoms with Crippen molar-refractivity contribution in [3.05, 3.63) is 47.2 Å². The highest BCUT2D eigenvalue weighted by atomic mass is 19.3. The molecule has 0 saturated heterocycles.